The number of nitrogens with zero attached hydrogens (tertiary/aromatic N) is 1. The van der Waals surface area contributed by atoms with E-state index in [0.29, 0.717) is 22.0 Å². The van der Waals surface area contributed by atoms with Crippen molar-refractivity contribution in [2.24, 2.45) is 0 Å². The summed E-state index contributed by atoms with van der Waals surface area (Å²) in [6.45, 7) is 0.0567. The summed E-state index contributed by atoms with van der Waals surface area (Å²) in [6, 6.07) is 13.9. The van der Waals surface area contributed by atoms with Gasteiger partial charge in [-0.2, -0.15) is 0 Å². The van der Waals surface area contributed by atoms with E-state index in [1.807, 2.05) is 6.07 Å². The smallest absolute Gasteiger partial charge is 0.354 e. The normalized spacial score (nSPS) is 13.8. The monoisotopic (exact) mass is 455 g/mol. The van der Waals surface area contributed by atoms with Crippen LogP contribution < -0.4 is 4.74 Å². The molecular formula is C25H20ClF2NO3. The number of hydrogen-bond acceptors (Lipinski definition) is 3. The number of aromatic nitrogens is 1. The van der Waals surface area contributed by atoms with E-state index in [0.717, 1.165) is 54.5 Å². The first-order valence-electron chi connectivity index (χ1n) is 10.2. The molecule has 3 aromatic rings. The summed E-state index contributed by atoms with van der Waals surface area (Å²) in [7, 11) is 0. The van der Waals surface area contributed by atoms with Crippen LogP contribution in [0.2, 0.25) is 5.02 Å². The molecule has 0 unspecified atom stereocenters. The van der Waals surface area contributed by atoms with Gasteiger partial charge in [-0.1, -0.05) is 23.7 Å². The second-order valence-electron chi connectivity index (χ2n) is 7.56. The number of ether oxygens (including phenoxy) is 1. The Morgan fingerprint density at radius 2 is 1.78 bits per heavy atom. The number of halogens is 3. The standard InChI is InChI=1S/C25H20ClF2NO3/c26-16-9-11-24(32-14-15-8-10-20(27)21(28)12-15)19(13-16)17-4-1-2-5-18(17)22-6-3-7-23(29-22)25(30)31/h3,6-13H,1-2,4-5,14H2,(H,30,31). The Morgan fingerprint density at radius 1 is 1.00 bits per heavy atom. The number of allylic oxidation sites excluding steroid dienone is 2. The van der Waals surface area contributed by atoms with Crippen LogP contribution in [0.4, 0.5) is 8.78 Å². The molecule has 2 aromatic carbocycles. The quantitative estimate of drug-likeness (QED) is 0.445. The van der Waals surface area contributed by atoms with Crippen LogP contribution in [0.15, 0.2) is 54.6 Å². The molecule has 0 amide bonds. The SMILES string of the molecule is O=C(O)c1cccc(C2=C(c3cc(Cl)ccc3OCc3ccc(F)c(F)c3)CCCC2)n1. The highest BCUT2D eigenvalue weighted by molar-refractivity contribution is 6.30. The zero-order chi connectivity index (χ0) is 22.7. The Hall–Kier alpha value is -3.25. The number of hydrogen-bond donors (Lipinski definition) is 1. The maximum atomic E-state index is 13.6. The summed E-state index contributed by atoms with van der Waals surface area (Å²) in [5, 5.41) is 9.85. The maximum Gasteiger partial charge on any atom is 0.354 e. The lowest BCUT2D eigenvalue weighted by Crippen LogP contribution is -2.06. The lowest BCUT2D eigenvalue weighted by Gasteiger charge is -2.23. The van der Waals surface area contributed by atoms with Crippen molar-refractivity contribution >= 4 is 28.7 Å². The van der Waals surface area contributed by atoms with Crippen LogP contribution in [0.5, 0.6) is 5.75 Å². The van der Waals surface area contributed by atoms with Gasteiger partial charge in [0.25, 0.3) is 0 Å². The molecule has 0 bridgehead atoms. The van der Waals surface area contributed by atoms with Crippen molar-refractivity contribution in [3.63, 3.8) is 0 Å². The molecule has 0 atom stereocenters. The molecule has 7 heteroatoms. The Balaban J connectivity index is 1.73. The zero-order valence-corrected chi connectivity index (χ0v) is 17.8. The van der Waals surface area contributed by atoms with E-state index < -0.39 is 17.6 Å². The molecule has 4 nitrogen and oxygen atoms in total. The highest BCUT2D eigenvalue weighted by Crippen LogP contribution is 2.42. The van der Waals surface area contributed by atoms with Crippen molar-refractivity contribution in [3.8, 4) is 5.75 Å². The third-order valence-corrected chi connectivity index (χ3v) is 5.63. The van der Waals surface area contributed by atoms with Gasteiger partial charge in [-0.15, -0.1) is 0 Å². The van der Waals surface area contributed by atoms with Gasteiger partial charge in [0.1, 0.15) is 18.1 Å². The first-order chi connectivity index (χ1) is 15.4. The van der Waals surface area contributed by atoms with Crippen LogP contribution in [0.25, 0.3) is 11.1 Å². The molecule has 0 saturated carbocycles. The fourth-order valence-corrected chi connectivity index (χ4v) is 4.03. The summed E-state index contributed by atoms with van der Waals surface area (Å²) in [5.41, 5.74) is 3.84. The van der Waals surface area contributed by atoms with Crippen LogP contribution in [-0.4, -0.2) is 16.1 Å². The molecule has 0 aliphatic heterocycles. The fraction of sp³-hybridized carbons (Fsp3) is 0.200. The second-order valence-corrected chi connectivity index (χ2v) is 7.99. The van der Waals surface area contributed by atoms with Crippen molar-refractivity contribution in [2.75, 3.05) is 0 Å². The van der Waals surface area contributed by atoms with E-state index in [4.69, 9.17) is 16.3 Å². The molecule has 0 saturated heterocycles. The highest BCUT2D eigenvalue weighted by Gasteiger charge is 2.21. The predicted octanol–water partition coefficient (Wildman–Crippen LogP) is 6.78. The summed E-state index contributed by atoms with van der Waals surface area (Å²) in [5.74, 6) is -2.36. The van der Waals surface area contributed by atoms with Crippen molar-refractivity contribution in [2.45, 2.75) is 32.3 Å². The van der Waals surface area contributed by atoms with Gasteiger partial charge < -0.3 is 9.84 Å². The zero-order valence-electron chi connectivity index (χ0n) is 17.1. The van der Waals surface area contributed by atoms with Gasteiger partial charge in [0.15, 0.2) is 11.6 Å². The van der Waals surface area contributed by atoms with Gasteiger partial charge in [-0.25, -0.2) is 18.6 Å². The molecule has 1 aliphatic carbocycles. The van der Waals surface area contributed by atoms with Gasteiger partial charge in [0, 0.05) is 10.6 Å². The number of carbonyl (C=O) groups is 1. The topological polar surface area (TPSA) is 59.4 Å². The van der Waals surface area contributed by atoms with E-state index in [-0.39, 0.29) is 12.3 Å². The molecule has 1 heterocycles. The molecular weight excluding hydrogens is 436 g/mol. The van der Waals surface area contributed by atoms with Crippen molar-refractivity contribution in [1.29, 1.82) is 0 Å². The lowest BCUT2D eigenvalue weighted by molar-refractivity contribution is 0.0690. The predicted molar refractivity (Wildman–Crippen MR) is 119 cm³/mol. The van der Waals surface area contributed by atoms with Crippen LogP contribution >= 0.6 is 11.6 Å². The number of carboxylic acids is 1. The average Bonchev–Trinajstić information content (AvgIpc) is 2.80. The van der Waals surface area contributed by atoms with Gasteiger partial charge >= 0.3 is 5.97 Å². The molecule has 0 fully saturated rings. The molecule has 0 spiro atoms. The molecule has 1 aliphatic rings. The first-order valence-corrected chi connectivity index (χ1v) is 10.6. The van der Waals surface area contributed by atoms with Gasteiger partial charge in [0.05, 0.1) is 5.69 Å². The van der Waals surface area contributed by atoms with E-state index >= 15 is 0 Å². The largest absolute Gasteiger partial charge is 0.488 e. The third kappa shape index (κ3) is 4.81. The van der Waals surface area contributed by atoms with Crippen LogP contribution in [-0.2, 0) is 6.61 Å². The van der Waals surface area contributed by atoms with Gasteiger partial charge in [0.2, 0.25) is 0 Å². The summed E-state index contributed by atoms with van der Waals surface area (Å²) < 4.78 is 32.7. The number of rotatable bonds is 6. The minimum atomic E-state index is -1.08. The Kier molecular flexibility index (Phi) is 6.51. The highest BCUT2D eigenvalue weighted by atomic mass is 35.5. The van der Waals surface area contributed by atoms with Crippen LogP contribution in [0.3, 0.4) is 0 Å². The van der Waals surface area contributed by atoms with E-state index in [1.165, 1.54) is 12.1 Å². The lowest BCUT2D eigenvalue weighted by atomic mass is 9.85. The van der Waals surface area contributed by atoms with Crippen molar-refractivity contribution in [1.82, 2.24) is 4.98 Å². The summed E-state index contributed by atoms with van der Waals surface area (Å²) >= 11 is 6.29. The Bertz CT molecular complexity index is 1210. The molecule has 1 N–H and O–H groups in total. The van der Waals surface area contributed by atoms with E-state index in [1.54, 1.807) is 24.3 Å². The number of carboxylic acid groups (broad SMARTS) is 1. The third-order valence-electron chi connectivity index (χ3n) is 5.39. The summed E-state index contributed by atoms with van der Waals surface area (Å²) in [4.78, 5) is 15.7. The van der Waals surface area contributed by atoms with Gasteiger partial charge in [-0.05, 0) is 84.9 Å². The van der Waals surface area contributed by atoms with Crippen molar-refractivity contribution in [3.05, 3.63) is 93.8 Å². The molecule has 164 valence electrons. The molecule has 0 radical (unpaired) electrons. The van der Waals surface area contributed by atoms with Crippen LogP contribution in [0, 0.1) is 11.6 Å². The van der Waals surface area contributed by atoms with Gasteiger partial charge in [-0.3, -0.25) is 0 Å². The molecule has 4 rings (SSSR count). The van der Waals surface area contributed by atoms with Crippen molar-refractivity contribution < 1.29 is 23.4 Å². The minimum absolute atomic E-state index is 0.0131. The number of pyridine rings is 1. The minimum Gasteiger partial charge on any atom is -0.488 e. The second kappa shape index (κ2) is 9.49. The Labute approximate surface area is 189 Å². The maximum absolute atomic E-state index is 13.6. The molecule has 32 heavy (non-hydrogen) atoms. The van der Waals surface area contributed by atoms with Crippen LogP contribution in [0.1, 0.15) is 53.0 Å². The van der Waals surface area contributed by atoms with E-state index in [9.17, 15) is 18.7 Å². The fourth-order valence-electron chi connectivity index (χ4n) is 3.86. The van der Waals surface area contributed by atoms with E-state index in [2.05, 4.69) is 4.98 Å². The number of benzene rings is 2. The molecule has 1 aromatic heterocycles. The Morgan fingerprint density at radius 3 is 2.53 bits per heavy atom. The average molecular weight is 456 g/mol. The first kappa shape index (κ1) is 22.0. The summed E-state index contributed by atoms with van der Waals surface area (Å²) in [6.07, 6.45) is 3.44. The number of aromatic carboxylic acids is 1.